The summed E-state index contributed by atoms with van der Waals surface area (Å²) in [4.78, 5) is 63.3. The van der Waals surface area contributed by atoms with Crippen LogP contribution in [-0.4, -0.2) is 126 Å². The molecule has 9 heterocycles. The van der Waals surface area contributed by atoms with E-state index in [2.05, 4.69) is 35.5 Å². The maximum atomic E-state index is 14.3. The van der Waals surface area contributed by atoms with Gasteiger partial charge in [-0.3, -0.25) is 33.5 Å². The van der Waals surface area contributed by atoms with E-state index in [4.69, 9.17) is 14.5 Å². The van der Waals surface area contributed by atoms with Crippen LogP contribution in [0.5, 0.6) is 0 Å². The Balaban J connectivity index is 0.646. The number of anilines is 3. The molecule has 3 atom stereocenters. The summed E-state index contributed by atoms with van der Waals surface area (Å²) in [6.45, 7) is 5.92. The topological polar surface area (TPSA) is 178 Å². The van der Waals surface area contributed by atoms with Crippen LogP contribution >= 0.6 is 0 Å². The van der Waals surface area contributed by atoms with Crippen LogP contribution in [0, 0.1) is 5.92 Å². The van der Waals surface area contributed by atoms with Gasteiger partial charge in [-0.15, -0.1) is 0 Å². The fourth-order valence-corrected chi connectivity index (χ4v) is 11.5. The molecule has 1 aromatic carbocycles. The normalized spacial score (nSPS) is 25.8. The first kappa shape index (κ1) is 42.9. The molecule has 1 unspecified atom stereocenters. The van der Waals surface area contributed by atoms with Crippen molar-refractivity contribution in [1.82, 2.24) is 43.7 Å². The number of hydrogen-bond donors (Lipinski definition) is 2. The van der Waals surface area contributed by atoms with Crippen LogP contribution in [0.4, 0.5) is 26.0 Å². The smallest absolute Gasteiger partial charge is 0.329 e. The Kier molecular flexibility index (Phi) is 11.4. The van der Waals surface area contributed by atoms with Crippen LogP contribution in [0.25, 0.3) is 16.7 Å². The molecule has 5 aromatic rings. The molecule has 11 rings (SSSR count). The number of morpholine rings is 1. The fraction of sp³-hybridized carbons (Fsp3) is 0.587. The van der Waals surface area contributed by atoms with E-state index in [1.54, 1.807) is 28.7 Å². The second-order valence-corrected chi connectivity index (χ2v) is 19.1. The standard InChI is InChI=1S/C46H56F2N12O6/c1-54-41-35(3-2-4-36(41)60(46(54)64)37-9-10-39(61)52-45(37)63)56-18-13-31(14-19-56)66-30-11-16-55(17-12-30)23-27-5-7-28(8-6-27)59-25-34(40(53-59)42(47)48)50-44(62)33-22-49-58-20-15-38(51-43(33)58)57-24-32-21-29(57)26-65-32/h2-4,15,20,22,25,27-32,37,42H,5-14,16-19,21,23-24,26H2,1H3,(H,50,62)(H,52,61,63)/t27?,28?,29-,32-,37?/m1/s1. The van der Waals surface area contributed by atoms with Crippen LogP contribution in [0.2, 0.25) is 0 Å². The Hall–Kier alpha value is -5.73. The molecule has 350 valence electrons. The number of nitrogens with zero attached hydrogens (tertiary/aromatic N) is 10. The highest BCUT2D eigenvalue weighted by Gasteiger charge is 2.40. The van der Waals surface area contributed by atoms with E-state index in [1.807, 2.05) is 24.3 Å². The summed E-state index contributed by atoms with van der Waals surface area (Å²) in [5.74, 6) is -0.0683. The van der Waals surface area contributed by atoms with Gasteiger partial charge in [0, 0.05) is 65.1 Å². The Morgan fingerprint density at radius 1 is 0.970 bits per heavy atom. The van der Waals surface area contributed by atoms with E-state index < -0.39 is 30.0 Å². The van der Waals surface area contributed by atoms with E-state index in [1.165, 1.54) is 15.3 Å². The number of likely N-dealkylation sites (tertiary alicyclic amines) is 1. The fourth-order valence-electron chi connectivity index (χ4n) is 11.5. The molecule has 6 fully saturated rings. The van der Waals surface area contributed by atoms with Gasteiger partial charge in [-0.1, -0.05) is 6.07 Å². The SMILES string of the molecule is Cn1c(=O)n(C2CCC(=O)NC2=O)c2cccc(N3CCC(OC4CCN(CC5CCC(n6cc(NC(=O)c7cnn8ccc(N9C[C@H]%10C[C@@H]9CO%10)nc78)c(C(F)F)n6)CC5)CC4)CC3)c21. The lowest BCUT2D eigenvalue weighted by Crippen LogP contribution is -2.44. The Morgan fingerprint density at radius 3 is 2.45 bits per heavy atom. The summed E-state index contributed by atoms with van der Waals surface area (Å²) in [5, 5.41) is 13.7. The molecular weight excluding hydrogens is 855 g/mol. The third-order valence-corrected chi connectivity index (χ3v) is 15.0. The molecule has 18 nitrogen and oxygen atoms in total. The molecule has 4 aromatic heterocycles. The van der Waals surface area contributed by atoms with E-state index >= 15 is 0 Å². The van der Waals surface area contributed by atoms with Gasteiger partial charge in [0.05, 0.1) is 65.6 Å². The van der Waals surface area contributed by atoms with Gasteiger partial charge in [-0.05, 0) is 88.3 Å². The van der Waals surface area contributed by atoms with Gasteiger partial charge < -0.3 is 29.5 Å². The van der Waals surface area contributed by atoms with E-state index in [0.717, 1.165) is 114 Å². The number of hydrogen-bond acceptors (Lipinski definition) is 12. The lowest BCUT2D eigenvalue weighted by molar-refractivity contribution is -0.135. The number of amides is 3. The average Bonchev–Trinajstić information content (AvgIpc) is 4.18. The number of carbonyl (C=O) groups excluding carboxylic acids is 3. The van der Waals surface area contributed by atoms with Crippen molar-refractivity contribution in [3.63, 3.8) is 0 Å². The zero-order valence-electron chi connectivity index (χ0n) is 37.1. The molecule has 0 radical (unpaired) electrons. The number of fused-ring (bicyclic) bond motifs is 4. The molecule has 66 heavy (non-hydrogen) atoms. The number of nitrogens with one attached hydrogen (secondary N) is 2. The number of halogens is 2. The van der Waals surface area contributed by atoms with Crippen molar-refractivity contribution in [2.24, 2.45) is 13.0 Å². The van der Waals surface area contributed by atoms with Crippen molar-refractivity contribution >= 4 is 51.6 Å². The zero-order chi connectivity index (χ0) is 45.2. The van der Waals surface area contributed by atoms with Crippen LogP contribution in [0.15, 0.2) is 47.7 Å². The van der Waals surface area contributed by atoms with Gasteiger partial charge in [0.1, 0.15) is 17.4 Å². The van der Waals surface area contributed by atoms with Gasteiger partial charge >= 0.3 is 5.69 Å². The number of imide groups is 1. The highest BCUT2D eigenvalue weighted by molar-refractivity contribution is 6.08. The monoisotopic (exact) mass is 910 g/mol. The van der Waals surface area contributed by atoms with E-state index in [-0.39, 0.29) is 59.7 Å². The number of rotatable bonds is 11. The van der Waals surface area contributed by atoms with Crippen LogP contribution in [-0.2, 0) is 26.1 Å². The first-order chi connectivity index (χ1) is 32.0. The molecule has 5 saturated heterocycles. The van der Waals surface area contributed by atoms with Gasteiger partial charge in [-0.2, -0.15) is 10.2 Å². The number of piperidine rings is 3. The van der Waals surface area contributed by atoms with Crippen LogP contribution in [0.3, 0.4) is 0 Å². The minimum atomic E-state index is -2.86. The molecule has 3 amide bonds. The summed E-state index contributed by atoms with van der Waals surface area (Å²) in [7, 11) is 1.74. The number of imidazole rings is 1. The van der Waals surface area contributed by atoms with Gasteiger partial charge in [0.15, 0.2) is 11.3 Å². The summed E-state index contributed by atoms with van der Waals surface area (Å²) in [5.41, 5.74) is 2.30. The molecule has 2 N–H and O–H groups in total. The second-order valence-electron chi connectivity index (χ2n) is 19.1. The maximum absolute atomic E-state index is 14.3. The van der Waals surface area contributed by atoms with Crippen molar-refractivity contribution in [2.45, 2.75) is 113 Å². The average molecular weight is 911 g/mol. The lowest BCUT2D eigenvalue weighted by Gasteiger charge is -2.39. The van der Waals surface area contributed by atoms with Gasteiger partial charge in [0.2, 0.25) is 11.8 Å². The Bertz CT molecular complexity index is 2710. The second kappa shape index (κ2) is 17.5. The number of benzene rings is 1. The molecule has 20 heteroatoms. The minimum Gasteiger partial charge on any atom is -0.375 e. The first-order valence-electron chi connectivity index (χ1n) is 23.6. The number of aromatic nitrogens is 7. The zero-order valence-corrected chi connectivity index (χ0v) is 37.1. The number of para-hydroxylation sites is 1. The molecule has 2 bridgehead atoms. The molecule has 5 aliphatic heterocycles. The predicted octanol–water partition coefficient (Wildman–Crippen LogP) is 4.61. The number of ether oxygens (including phenoxy) is 2. The summed E-state index contributed by atoms with van der Waals surface area (Å²) >= 11 is 0. The summed E-state index contributed by atoms with van der Waals surface area (Å²) in [6, 6.07) is 7.19. The van der Waals surface area contributed by atoms with Crippen molar-refractivity contribution in [3.05, 3.63) is 64.6 Å². The Morgan fingerprint density at radius 2 is 1.74 bits per heavy atom. The van der Waals surface area contributed by atoms with Gasteiger partial charge in [-0.25, -0.2) is 23.1 Å². The first-order valence-corrected chi connectivity index (χ1v) is 23.6. The predicted molar refractivity (Wildman–Crippen MR) is 239 cm³/mol. The molecule has 1 aliphatic carbocycles. The van der Waals surface area contributed by atoms with Crippen LogP contribution < -0.4 is 26.1 Å². The summed E-state index contributed by atoms with van der Waals surface area (Å²) in [6.07, 6.45) is 11.2. The number of carbonyl (C=O) groups is 3. The number of aryl methyl sites for hydroxylation is 1. The van der Waals surface area contributed by atoms with Crippen molar-refractivity contribution < 1.29 is 32.6 Å². The Labute approximate surface area is 379 Å². The third kappa shape index (κ3) is 8.03. The lowest BCUT2D eigenvalue weighted by atomic mass is 9.85. The van der Waals surface area contributed by atoms with E-state index in [0.29, 0.717) is 30.1 Å². The van der Waals surface area contributed by atoms with Crippen LogP contribution in [0.1, 0.15) is 105 Å². The molecule has 1 saturated carbocycles. The summed E-state index contributed by atoms with van der Waals surface area (Å²) < 4.78 is 47.4. The molecular formula is C46H56F2N12O6. The maximum Gasteiger partial charge on any atom is 0.329 e. The molecule has 6 aliphatic rings. The molecule has 0 spiro atoms. The largest absolute Gasteiger partial charge is 0.375 e. The minimum absolute atomic E-state index is 0.00208. The highest BCUT2D eigenvalue weighted by atomic mass is 19.3. The third-order valence-electron chi connectivity index (χ3n) is 15.0. The van der Waals surface area contributed by atoms with Crippen molar-refractivity contribution in [3.8, 4) is 0 Å². The van der Waals surface area contributed by atoms with Crippen molar-refractivity contribution in [1.29, 1.82) is 0 Å². The van der Waals surface area contributed by atoms with Gasteiger partial charge in [0.25, 0.3) is 12.3 Å². The quantitative estimate of drug-likeness (QED) is 0.176. The van der Waals surface area contributed by atoms with E-state index in [9.17, 15) is 28.0 Å². The van der Waals surface area contributed by atoms with Crippen molar-refractivity contribution in [2.75, 3.05) is 61.0 Å². The number of alkyl halides is 2. The highest BCUT2D eigenvalue weighted by Crippen LogP contribution is 2.37.